The SMILES string of the molecule is NC(=O)C1CCCN1C(=O)C(N)Cc1ccc(O)cc1. The molecule has 1 aromatic carbocycles. The third-order valence-electron chi connectivity index (χ3n) is 3.57. The maximum absolute atomic E-state index is 12.3. The van der Waals surface area contributed by atoms with Gasteiger partial charge in [0.1, 0.15) is 11.8 Å². The molecule has 2 amide bonds. The van der Waals surface area contributed by atoms with Crippen molar-refractivity contribution in [2.75, 3.05) is 6.54 Å². The minimum Gasteiger partial charge on any atom is -0.508 e. The number of aromatic hydroxyl groups is 1. The lowest BCUT2D eigenvalue weighted by Crippen LogP contribution is -2.50. The van der Waals surface area contributed by atoms with Crippen LogP contribution in [0.2, 0.25) is 0 Å². The van der Waals surface area contributed by atoms with E-state index in [1.165, 1.54) is 4.90 Å². The zero-order valence-corrected chi connectivity index (χ0v) is 11.2. The number of hydrogen-bond donors (Lipinski definition) is 3. The summed E-state index contributed by atoms with van der Waals surface area (Å²) in [5.41, 5.74) is 12.1. The van der Waals surface area contributed by atoms with Gasteiger partial charge < -0.3 is 21.5 Å². The number of carbonyl (C=O) groups is 2. The van der Waals surface area contributed by atoms with E-state index in [4.69, 9.17) is 11.5 Å². The fourth-order valence-electron chi connectivity index (χ4n) is 2.51. The monoisotopic (exact) mass is 277 g/mol. The van der Waals surface area contributed by atoms with E-state index in [1.54, 1.807) is 24.3 Å². The molecule has 0 spiro atoms. The Morgan fingerprint density at radius 2 is 2.00 bits per heavy atom. The fraction of sp³-hybridized carbons (Fsp3) is 0.429. The van der Waals surface area contributed by atoms with Crippen LogP contribution in [0.5, 0.6) is 5.75 Å². The topological polar surface area (TPSA) is 110 Å². The molecule has 0 aliphatic carbocycles. The lowest BCUT2D eigenvalue weighted by atomic mass is 10.0. The van der Waals surface area contributed by atoms with E-state index in [2.05, 4.69) is 0 Å². The molecule has 108 valence electrons. The number of hydrogen-bond acceptors (Lipinski definition) is 4. The van der Waals surface area contributed by atoms with Crippen molar-refractivity contribution in [3.63, 3.8) is 0 Å². The Labute approximate surface area is 117 Å². The van der Waals surface area contributed by atoms with Gasteiger partial charge in [-0.25, -0.2) is 0 Å². The Balaban J connectivity index is 2.01. The predicted molar refractivity (Wildman–Crippen MR) is 73.7 cm³/mol. The van der Waals surface area contributed by atoms with Crippen LogP contribution in [0.4, 0.5) is 0 Å². The molecule has 6 heteroatoms. The van der Waals surface area contributed by atoms with Crippen LogP contribution < -0.4 is 11.5 Å². The van der Waals surface area contributed by atoms with Crippen molar-refractivity contribution < 1.29 is 14.7 Å². The molecule has 1 heterocycles. The Hall–Kier alpha value is -2.08. The summed E-state index contributed by atoms with van der Waals surface area (Å²) in [5.74, 6) is -0.561. The van der Waals surface area contributed by atoms with Gasteiger partial charge in [0, 0.05) is 6.54 Å². The quantitative estimate of drug-likeness (QED) is 0.704. The number of amides is 2. The lowest BCUT2D eigenvalue weighted by Gasteiger charge is -2.25. The van der Waals surface area contributed by atoms with Crippen LogP contribution >= 0.6 is 0 Å². The van der Waals surface area contributed by atoms with E-state index in [0.29, 0.717) is 19.4 Å². The Kier molecular flexibility index (Phi) is 4.24. The summed E-state index contributed by atoms with van der Waals surface area (Å²) < 4.78 is 0. The van der Waals surface area contributed by atoms with Crippen molar-refractivity contribution in [1.29, 1.82) is 0 Å². The van der Waals surface area contributed by atoms with Crippen LogP contribution in [0.25, 0.3) is 0 Å². The van der Waals surface area contributed by atoms with Gasteiger partial charge in [0.05, 0.1) is 6.04 Å². The number of phenolic OH excluding ortho intramolecular Hbond substituents is 1. The molecule has 1 saturated heterocycles. The highest BCUT2D eigenvalue weighted by molar-refractivity contribution is 5.89. The van der Waals surface area contributed by atoms with Crippen LogP contribution in [0.3, 0.4) is 0 Å². The molecule has 1 aromatic rings. The second kappa shape index (κ2) is 5.92. The van der Waals surface area contributed by atoms with Crippen molar-refractivity contribution in [3.05, 3.63) is 29.8 Å². The first-order chi connectivity index (χ1) is 9.49. The van der Waals surface area contributed by atoms with E-state index in [0.717, 1.165) is 12.0 Å². The summed E-state index contributed by atoms with van der Waals surface area (Å²) in [6.07, 6.45) is 1.74. The number of primary amides is 1. The molecule has 1 fully saturated rings. The van der Waals surface area contributed by atoms with Crippen LogP contribution in [0, 0.1) is 0 Å². The summed E-state index contributed by atoms with van der Waals surface area (Å²) in [5, 5.41) is 9.21. The van der Waals surface area contributed by atoms with Gasteiger partial charge in [0.25, 0.3) is 0 Å². The van der Waals surface area contributed by atoms with Gasteiger partial charge in [-0.15, -0.1) is 0 Å². The van der Waals surface area contributed by atoms with Gasteiger partial charge in [-0.05, 0) is 37.0 Å². The Morgan fingerprint density at radius 1 is 1.35 bits per heavy atom. The fourth-order valence-corrected chi connectivity index (χ4v) is 2.51. The molecule has 2 unspecified atom stereocenters. The number of benzene rings is 1. The number of phenols is 1. The molecule has 2 rings (SSSR count). The van der Waals surface area contributed by atoms with Crippen LogP contribution in [0.15, 0.2) is 24.3 Å². The highest BCUT2D eigenvalue weighted by atomic mass is 16.3. The maximum atomic E-state index is 12.3. The number of rotatable bonds is 4. The molecule has 1 aliphatic rings. The van der Waals surface area contributed by atoms with Crippen LogP contribution in [-0.4, -0.2) is 40.4 Å². The second-order valence-electron chi connectivity index (χ2n) is 5.07. The maximum Gasteiger partial charge on any atom is 0.240 e. The number of nitrogens with two attached hydrogens (primary N) is 2. The van der Waals surface area contributed by atoms with E-state index in [1.807, 2.05) is 0 Å². The average molecular weight is 277 g/mol. The van der Waals surface area contributed by atoms with Crippen molar-refractivity contribution in [2.45, 2.75) is 31.3 Å². The van der Waals surface area contributed by atoms with Crippen molar-refractivity contribution in [2.24, 2.45) is 11.5 Å². The number of nitrogens with zero attached hydrogens (tertiary/aromatic N) is 1. The van der Waals surface area contributed by atoms with Crippen LogP contribution in [0.1, 0.15) is 18.4 Å². The molecule has 5 N–H and O–H groups in total. The molecular formula is C14H19N3O3. The highest BCUT2D eigenvalue weighted by Gasteiger charge is 2.34. The molecule has 6 nitrogen and oxygen atoms in total. The molecule has 0 radical (unpaired) electrons. The van der Waals surface area contributed by atoms with Gasteiger partial charge in [-0.2, -0.15) is 0 Å². The summed E-state index contributed by atoms with van der Waals surface area (Å²) in [7, 11) is 0. The van der Waals surface area contributed by atoms with Gasteiger partial charge in [0.15, 0.2) is 0 Å². The third kappa shape index (κ3) is 3.08. The van der Waals surface area contributed by atoms with Crippen LogP contribution in [-0.2, 0) is 16.0 Å². The zero-order valence-electron chi connectivity index (χ0n) is 11.2. The smallest absolute Gasteiger partial charge is 0.240 e. The largest absolute Gasteiger partial charge is 0.508 e. The number of likely N-dealkylation sites (tertiary alicyclic amines) is 1. The Morgan fingerprint density at radius 3 is 2.60 bits per heavy atom. The molecule has 2 atom stereocenters. The van der Waals surface area contributed by atoms with Gasteiger partial charge in [-0.3, -0.25) is 9.59 Å². The average Bonchev–Trinajstić information content (AvgIpc) is 2.90. The predicted octanol–water partition coefficient (Wildman–Crippen LogP) is -0.262. The van der Waals surface area contributed by atoms with E-state index in [-0.39, 0.29) is 11.7 Å². The van der Waals surface area contributed by atoms with Gasteiger partial charge in [-0.1, -0.05) is 12.1 Å². The van der Waals surface area contributed by atoms with Crippen molar-refractivity contribution in [1.82, 2.24) is 4.90 Å². The first-order valence-electron chi connectivity index (χ1n) is 6.62. The zero-order chi connectivity index (χ0) is 14.7. The molecule has 20 heavy (non-hydrogen) atoms. The van der Waals surface area contributed by atoms with E-state index < -0.39 is 18.0 Å². The highest BCUT2D eigenvalue weighted by Crippen LogP contribution is 2.19. The Bertz CT molecular complexity index is 501. The van der Waals surface area contributed by atoms with Crippen molar-refractivity contribution in [3.8, 4) is 5.75 Å². The molecule has 0 aromatic heterocycles. The lowest BCUT2D eigenvalue weighted by molar-refractivity contribution is -0.138. The normalized spacial score (nSPS) is 19.9. The number of carbonyl (C=O) groups excluding carboxylic acids is 2. The van der Waals surface area contributed by atoms with Gasteiger partial charge in [0.2, 0.25) is 11.8 Å². The summed E-state index contributed by atoms with van der Waals surface area (Å²) in [6, 6.07) is 5.30. The minimum absolute atomic E-state index is 0.169. The standard InChI is InChI=1S/C14H19N3O3/c15-11(8-9-3-5-10(18)6-4-9)14(20)17-7-1-2-12(17)13(16)19/h3-6,11-12,18H,1-2,7-8,15H2,(H2,16,19). The molecule has 0 bridgehead atoms. The molecular weight excluding hydrogens is 258 g/mol. The molecule has 1 aliphatic heterocycles. The summed E-state index contributed by atoms with van der Waals surface area (Å²) in [4.78, 5) is 25.0. The molecule has 0 saturated carbocycles. The first-order valence-corrected chi connectivity index (χ1v) is 6.62. The third-order valence-corrected chi connectivity index (χ3v) is 3.57. The summed E-state index contributed by atoms with van der Waals surface area (Å²) >= 11 is 0. The van der Waals surface area contributed by atoms with Crippen molar-refractivity contribution >= 4 is 11.8 Å². The first kappa shape index (κ1) is 14.3. The van der Waals surface area contributed by atoms with E-state index in [9.17, 15) is 14.7 Å². The summed E-state index contributed by atoms with van der Waals surface area (Å²) in [6.45, 7) is 0.524. The van der Waals surface area contributed by atoms with E-state index >= 15 is 0 Å². The second-order valence-corrected chi connectivity index (χ2v) is 5.07. The minimum atomic E-state index is -0.709. The van der Waals surface area contributed by atoms with Gasteiger partial charge >= 0.3 is 0 Å².